The lowest BCUT2D eigenvalue weighted by Gasteiger charge is -2.29. The van der Waals surface area contributed by atoms with E-state index in [0.29, 0.717) is 39.0 Å². The molecule has 3 heterocycles. The first-order valence-corrected chi connectivity index (χ1v) is 11.0. The number of sulfonamides is 1. The SMILES string of the molecule is CS(=O)(=O)N1CCC(C(=O)NCCn2ccc(-c3cccs3)n2)CC1. The van der Waals surface area contributed by atoms with Crippen LogP contribution in [0.2, 0.25) is 0 Å². The molecule has 0 radical (unpaired) electrons. The van der Waals surface area contributed by atoms with E-state index in [-0.39, 0.29) is 11.8 Å². The molecular weight excluding hydrogens is 360 g/mol. The summed E-state index contributed by atoms with van der Waals surface area (Å²) in [7, 11) is -3.15. The van der Waals surface area contributed by atoms with E-state index in [4.69, 9.17) is 0 Å². The van der Waals surface area contributed by atoms with Gasteiger partial charge in [0.1, 0.15) is 5.69 Å². The molecule has 7 nitrogen and oxygen atoms in total. The number of hydrogen-bond acceptors (Lipinski definition) is 5. The fraction of sp³-hybridized carbons (Fsp3) is 0.500. The van der Waals surface area contributed by atoms with E-state index in [1.807, 2.05) is 34.5 Å². The van der Waals surface area contributed by atoms with E-state index in [0.717, 1.165) is 10.6 Å². The van der Waals surface area contributed by atoms with Crippen LogP contribution in [0.15, 0.2) is 29.8 Å². The number of rotatable bonds is 6. The Morgan fingerprint density at radius 3 is 2.76 bits per heavy atom. The third-order valence-corrected chi connectivity index (χ3v) is 6.54. The van der Waals surface area contributed by atoms with Crippen LogP contribution >= 0.6 is 11.3 Å². The molecule has 1 fully saturated rings. The smallest absolute Gasteiger partial charge is 0.223 e. The Balaban J connectivity index is 1.43. The zero-order valence-electron chi connectivity index (χ0n) is 14.1. The summed E-state index contributed by atoms with van der Waals surface area (Å²) in [5, 5.41) is 9.45. The summed E-state index contributed by atoms with van der Waals surface area (Å²) in [6, 6.07) is 5.99. The van der Waals surface area contributed by atoms with Crippen molar-refractivity contribution in [3.8, 4) is 10.6 Å². The summed E-state index contributed by atoms with van der Waals surface area (Å²) in [5.74, 6) is -0.115. The zero-order valence-corrected chi connectivity index (χ0v) is 15.7. The zero-order chi connectivity index (χ0) is 17.9. The second-order valence-corrected chi connectivity index (χ2v) is 9.10. The summed E-state index contributed by atoms with van der Waals surface area (Å²) in [6.45, 7) is 1.95. The molecule has 0 aromatic carbocycles. The maximum Gasteiger partial charge on any atom is 0.223 e. The third-order valence-electron chi connectivity index (χ3n) is 4.35. The fourth-order valence-corrected chi connectivity index (χ4v) is 4.49. The molecule has 3 rings (SSSR count). The van der Waals surface area contributed by atoms with Crippen LogP contribution in [-0.2, 0) is 21.4 Å². The molecule has 0 unspecified atom stereocenters. The largest absolute Gasteiger partial charge is 0.354 e. The monoisotopic (exact) mass is 382 g/mol. The predicted octanol–water partition coefficient (Wildman–Crippen LogP) is 1.40. The van der Waals surface area contributed by atoms with Gasteiger partial charge in [0.05, 0.1) is 17.7 Å². The van der Waals surface area contributed by atoms with Crippen molar-refractivity contribution in [1.82, 2.24) is 19.4 Å². The summed E-state index contributed by atoms with van der Waals surface area (Å²) in [5.41, 5.74) is 0.939. The van der Waals surface area contributed by atoms with Gasteiger partial charge < -0.3 is 5.32 Å². The van der Waals surface area contributed by atoms with Gasteiger partial charge in [-0.25, -0.2) is 12.7 Å². The average molecular weight is 383 g/mol. The van der Waals surface area contributed by atoms with Crippen LogP contribution in [-0.4, -0.2) is 54.3 Å². The number of aromatic nitrogens is 2. The molecule has 1 aliphatic rings. The van der Waals surface area contributed by atoms with Gasteiger partial charge >= 0.3 is 0 Å². The van der Waals surface area contributed by atoms with Gasteiger partial charge in [-0.3, -0.25) is 9.48 Å². The van der Waals surface area contributed by atoms with Gasteiger partial charge in [-0.2, -0.15) is 5.10 Å². The molecule has 136 valence electrons. The van der Waals surface area contributed by atoms with E-state index in [2.05, 4.69) is 10.4 Å². The van der Waals surface area contributed by atoms with Gasteiger partial charge in [-0.15, -0.1) is 11.3 Å². The van der Waals surface area contributed by atoms with E-state index >= 15 is 0 Å². The Labute approximate surface area is 151 Å². The molecule has 0 spiro atoms. The van der Waals surface area contributed by atoms with Crippen molar-refractivity contribution in [2.75, 3.05) is 25.9 Å². The highest BCUT2D eigenvalue weighted by molar-refractivity contribution is 7.88. The van der Waals surface area contributed by atoms with E-state index in [1.54, 1.807) is 11.3 Å². The number of carbonyl (C=O) groups is 1. The summed E-state index contributed by atoms with van der Waals surface area (Å²) >= 11 is 1.65. The first-order valence-electron chi connectivity index (χ1n) is 8.23. The second-order valence-electron chi connectivity index (χ2n) is 6.17. The van der Waals surface area contributed by atoms with Crippen LogP contribution in [0, 0.1) is 5.92 Å². The minimum Gasteiger partial charge on any atom is -0.354 e. The number of hydrogen-bond donors (Lipinski definition) is 1. The molecule has 0 atom stereocenters. The number of piperidine rings is 1. The molecule has 25 heavy (non-hydrogen) atoms. The van der Waals surface area contributed by atoms with Crippen LogP contribution < -0.4 is 5.32 Å². The van der Waals surface area contributed by atoms with Crippen LogP contribution in [0.25, 0.3) is 10.6 Å². The van der Waals surface area contributed by atoms with Gasteiger partial charge in [0.15, 0.2) is 0 Å². The molecule has 9 heteroatoms. The molecule has 2 aromatic heterocycles. The van der Waals surface area contributed by atoms with Crippen molar-refractivity contribution in [3.05, 3.63) is 29.8 Å². The Bertz CT molecular complexity index is 806. The first kappa shape index (κ1) is 18.1. The minimum absolute atomic E-state index is 0.00112. The average Bonchev–Trinajstić information content (AvgIpc) is 3.25. The fourth-order valence-electron chi connectivity index (χ4n) is 2.93. The highest BCUT2D eigenvalue weighted by atomic mass is 32.2. The van der Waals surface area contributed by atoms with E-state index in [1.165, 1.54) is 10.6 Å². The Hall–Kier alpha value is -1.71. The highest BCUT2D eigenvalue weighted by Gasteiger charge is 2.28. The van der Waals surface area contributed by atoms with Gasteiger partial charge in [-0.1, -0.05) is 6.07 Å². The molecular formula is C16H22N4O3S2. The van der Waals surface area contributed by atoms with Crippen molar-refractivity contribution in [2.24, 2.45) is 5.92 Å². The van der Waals surface area contributed by atoms with Gasteiger partial charge in [0, 0.05) is 31.7 Å². The summed E-state index contributed by atoms with van der Waals surface area (Å²) in [6.07, 6.45) is 4.26. The van der Waals surface area contributed by atoms with E-state index in [9.17, 15) is 13.2 Å². The quantitative estimate of drug-likeness (QED) is 0.818. The molecule has 0 saturated carbocycles. The second kappa shape index (κ2) is 7.67. The Morgan fingerprint density at radius 2 is 2.12 bits per heavy atom. The molecule has 1 amide bonds. The lowest BCUT2D eigenvalue weighted by Crippen LogP contribution is -2.43. The number of thiophene rings is 1. The van der Waals surface area contributed by atoms with E-state index < -0.39 is 10.0 Å². The van der Waals surface area contributed by atoms with Crippen molar-refractivity contribution >= 4 is 27.3 Å². The van der Waals surface area contributed by atoms with Gasteiger partial charge in [0.2, 0.25) is 15.9 Å². The molecule has 0 aliphatic carbocycles. The molecule has 1 aliphatic heterocycles. The van der Waals surface area contributed by atoms with Crippen LogP contribution in [0.1, 0.15) is 12.8 Å². The van der Waals surface area contributed by atoms with Crippen LogP contribution in [0.3, 0.4) is 0 Å². The topological polar surface area (TPSA) is 84.3 Å². The van der Waals surface area contributed by atoms with Crippen molar-refractivity contribution < 1.29 is 13.2 Å². The standard InChI is InChI=1S/C16H22N4O3S2/c1-25(22,23)20-9-4-13(5-10-20)16(21)17-7-11-19-8-6-14(18-19)15-3-2-12-24-15/h2-3,6,8,12-13H,4-5,7,9-11H2,1H3,(H,17,21). The maximum absolute atomic E-state index is 12.2. The maximum atomic E-state index is 12.2. The number of carbonyl (C=O) groups excluding carboxylic acids is 1. The highest BCUT2D eigenvalue weighted by Crippen LogP contribution is 2.22. The molecule has 1 saturated heterocycles. The van der Waals surface area contributed by atoms with Crippen molar-refractivity contribution in [2.45, 2.75) is 19.4 Å². The molecule has 0 bridgehead atoms. The third kappa shape index (κ3) is 4.68. The van der Waals surface area contributed by atoms with Crippen molar-refractivity contribution in [3.63, 3.8) is 0 Å². The Kier molecular flexibility index (Phi) is 5.55. The summed E-state index contributed by atoms with van der Waals surface area (Å²) < 4.78 is 26.2. The van der Waals surface area contributed by atoms with Crippen LogP contribution in [0.5, 0.6) is 0 Å². The normalized spacial score (nSPS) is 16.8. The van der Waals surface area contributed by atoms with Crippen LogP contribution in [0.4, 0.5) is 0 Å². The van der Waals surface area contributed by atoms with Gasteiger partial charge in [-0.05, 0) is 30.4 Å². The lowest BCUT2D eigenvalue weighted by molar-refractivity contribution is -0.126. The number of amides is 1. The molecule has 2 aromatic rings. The predicted molar refractivity (Wildman–Crippen MR) is 97.7 cm³/mol. The number of nitrogens with zero attached hydrogens (tertiary/aromatic N) is 3. The summed E-state index contributed by atoms with van der Waals surface area (Å²) in [4.78, 5) is 13.4. The van der Waals surface area contributed by atoms with Gasteiger partial charge in [0.25, 0.3) is 0 Å². The Morgan fingerprint density at radius 1 is 1.36 bits per heavy atom. The number of nitrogens with one attached hydrogen (secondary N) is 1. The van der Waals surface area contributed by atoms with Crippen molar-refractivity contribution in [1.29, 1.82) is 0 Å². The molecule has 1 N–H and O–H groups in total. The first-order chi connectivity index (χ1) is 11.9. The lowest BCUT2D eigenvalue weighted by atomic mass is 9.97. The minimum atomic E-state index is -3.15.